The SMILES string of the molecule is COc1ccccc1CP(Cc1ccccc1OC)[c-]1ccc(C(C)N(C)C)c1P(C)C.[Fe].[cH-]1[cH-][cH-][cH-][cH-]1. The standard InChI is InChI=1S/C27H36NO2P2.C5H5.Fe/c1-20(28(2)3)23-16-17-26(27(23)31(6)7)32(18-21-12-8-10-14-24(21)29-4)19-22-13-9-11-15-25(22)30-5;1-2-4-5-3-1;/h8-17,20H,18-19H2,1-7H3;1-5H;/q-1;-5;. The molecule has 0 aliphatic heterocycles. The van der Waals surface area contributed by atoms with Crippen LogP contribution in [0.25, 0.3) is 0 Å². The number of ether oxygens (including phenoxy) is 2. The van der Waals surface area contributed by atoms with E-state index in [-0.39, 0.29) is 25.0 Å². The van der Waals surface area contributed by atoms with E-state index < -0.39 is 7.92 Å². The third-order valence-corrected chi connectivity index (χ3v) is 10.7. The van der Waals surface area contributed by atoms with Gasteiger partial charge < -0.3 is 44.7 Å². The Kier molecular flexibility index (Phi) is 13.8. The van der Waals surface area contributed by atoms with E-state index in [0.29, 0.717) is 6.04 Å². The molecule has 0 amide bonds. The molecule has 4 rings (SSSR count). The van der Waals surface area contributed by atoms with Crippen molar-refractivity contribution in [1.82, 2.24) is 4.90 Å². The summed E-state index contributed by atoms with van der Waals surface area (Å²) in [5, 5.41) is 3.12. The summed E-state index contributed by atoms with van der Waals surface area (Å²) in [6.07, 6.45) is 1.99. The summed E-state index contributed by atoms with van der Waals surface area (Å²) in [5.74, 6) is 1.95. The summed E-state index contributed by atoms with van der Waals surface area (Å²) in [6, 6.07) is 32.1. The molecule has 0 aliphatic carbocycles. The van der Waals surface area contributed by atoms with Crippen molar-refractivity contribution in [2.75, 3.05) is 41.6 Å². The number of methoxy groups -OCH3 is 2. The van der Waals surface area contributed by atoms with Crippen LogP contribution in [0.1, 0.15) is 29.7 Å². The Hall–Kier alpha value is -1.92. The molecular weight excluding hydrogens is 548 g/mol. The van der Waals surface area contributed by atoms with E-state index in [9.17, 15) is 0 Å². The molecule has 3 nitrogen and oxygen atoms in total. The molecule has 210 valence electrons. The number of hydrogen-bond acceptors (Lipinski definition) is 3. The van der Waals surface area contributed by atoms with Crippen molar-refractivity contribution in [3.63, 3.8) is 0 Å². The molecule has 1 atom stereocenters. The molecule has 0 N–H and O–H groups in total. The van der Waals surface area contributed by atoms with Crippen LogP contribution < -0.4 is 20.1 Å². The monoisotopic (exact) mass is 589 g/mol. The maximum Gasteiger partial charge on any atom is 0.122 e. The second-order valence-corrected chi connectivity index (χ2v) is 13.9. The van der Waals surface area contributed by atoms with Gasteiger partial charge in [-0.25, -0.2) is 6.07 Å². The summed E-state index contributed by atoms with van der Waals surface area (Å²) in [5.41, 5.74) is 4.04. The Morgan fingerprint density at radius 3 is 1.63 bits per heavy atom. The van der Waals surface area contributed by atoms with Crippen molar-refractivity contribution >= 4 is 26.5 Å². The van der Waals surface area contributed by atoms with Crippen molar-refractivity contribution < 1.29 is 26.5 Å². The van der Waals surface area contributed by atoms with E-state index >= 15 is 0 Å². The number of hydrogen-bond donors (Lipinski definition) is 0. The predicted molar refractivity (Wildman–Crippen MR) is 165 cm³/mol. The molecular formula is C32H41FeNO2P2-6. The van der Waals surface area contributed by atoms with Crippen LogP contribution in [-0.2, 0) is 29.4 Å². The summed E-state index contributed by atoms with van der Waals surface area (Å²) >= 11 is 0. The Morgan fingerprint density at radius 2 is 1.24 bits per heavy atom. The van der Waals surface area contributed by atoms with Crippen LogP contribution in [0.5, 0.6) is 11.5 Å². The maximum atomic E-state index is 5.71. The van der Waals surface area contributed by atoms with Crippen molar-refractivity contribution in [3.05, 3.63) is 108 Å². The maximum absolute atomic E-state index is 5.71. The van der Waals surface area contributed by atoms with E-state index in [1.54, 1.807) is 19.5 Å². The Morgan fingerprint density at radius 1 is 0.789 bits per heavy atom. The van der Waals surface area contributed by atoms with Crippen LogP contribution >= 0.6 is 15.8 Å². The van der Waals surface area contributed by atoms with Gasteiger partial charge in [0, 0.05) is 17.1 Å². The van der Waals surface area contributed by atoms with Gasteiger partial charge in [-0.15, -0.1) is 26.5 Å². The quantitative estimate of drug-likeness (QED) is 0.110. The molecule has 0 radical (unpaired) electrons. The normalized spacial score (nSPS) is 11.6. The first-order chi connectivity index (χ1) is 17.9. The molecule has 38 heavy (non-hydrogen) atoms. The zero-order valence-electron chi connectivity index (χ0n) is 23.7. The number of para-hydroxylation sites is 2. The molecule has 6 heteroatoms. The molecule has 0 saturated carbocycles. The topological polar surface area (TPSA) is 21.7 Å². The Balaban J connectivity index is 0.000000756. The van der Waals surface area contributed by atoms with Crippen LogP contribution in [0.2, 0.25) is 0 Å². The average molecular weight is 589 g/mol. The first-order valence-electron chi connectivity index (χ1n) is 12.7. The summed E-state index contributed by atoms with van der Waals surface area (Å²) in [6.45, 7) is 7.09. The first-order valence-corrected chi connectivity index (χ1v) is 16.6. The Bertz CT molecular complexity index is 1140. The Labute approximate surface area is 243 Å². The minimum Gasteiger partial charge on any atom is -0.748 e. The van der Waals surface area contributed by atoms with Crippen molar-refractivity contribution in [3.8, 4) is 11.5 Å². The van der Waals surface area contributed by atoms with Crippen molar-refractivity contribution in [2.24, 2.45) is 0 Å². The molecule has 4 aromatic carbocycles. The summed E-state index contributed by atoms with van der Waals surface area (Å²) < 4.78 is 11.4. The fourth-order valence-corrected chi connectivity index (χ4v) is 9.30. The van der Waals surface area contributed by atoms with Gasteiger partial charge in [-0.05, 0) is 69.1 Å². The van der Waals surface area contributed by atoms with E-state index in [1.807, 2.05) is 42.5 Å². The molecule has 0 spiro atoms. The molecule has 0 heterocycles. The van der Waals surface area contributed by atoms with Crippen LogP contribution in [0.3, 0.4) is 0 Å². The van der Waals surface area contributed by atoms with E-state index in [4.69, 9.17) is 9.47 Å². The van der Waals surface area contributed by atoms with Gasteiger partial charge in [0.15, 0.2) is 0 Å². The van der Waals surface area contributed by atoms with Gasteiger partial charge >= 0.3 is 0 Å². The van der Waals surface area contributed by atoms with E-state index in [0.717, 1.165) is 23.8 Å². The van der Waals surface area contributed by atoms with Gasteiger partial charge in [0.05, 0.1) is 14.2 Å². The molecule has 0 fully saturated rings. The molecule has 0 saturated heterocycles. The minimum absolute atomic E-state index is 0. The van der Waals surface area contributed by atoms with E-state index in [2.05, 4.69) is 87.8 Å². The summed E-state index contributed by atoms with van der Waals surface area (Å²) in [7, 11) is 7.14. The zero-order valence-corrected chi connectivity index (χ0v) is 26.6. The number of benzene rings is 2. The third-order valence-electron chi connectivity index (χ3n) is 6.61. The number of nitrogens with zero attached hydrogens (tertiary/aromatic N) is 1. The van der Waals surface area contributed by atoms with Crippen LogP contribution in [0.4, 0.5) is 0 Å². The second kappa shape index (κ2) is 16.2. The van der Waals surface area contributed by atoms with Crippen molar-refractivity contribution in [2.45, 2.75) is 25.3 Å². The van der Waals surface area contributed by atoms with Crippen LogP contribution in [-0.4, -0.2) is 46.5 Å². The van der Waals surface area contributed by atoms with Gasteiger partial charge in [0.25, 0.3) is 0 Å². The predicted octanol–water partition coefficient (Wildman–Crippen LogP) is 7.32. The third kappa shape index (κ3) is 8.54. The smallest absolute Gasteiger partial charge is 0.122 e. The molecule has 0 aliphatic rings. The minimum atomic E-state index is -0.491. The molecule has 4 aromatic rings. The fraction of sp³-hybridized carbons (Fsp3) is 0.312. The second-order valence-electron chi connectivity index (χ2n) is 9.50. The van der Waals surface area contributed by atoms with E-state index in [1.165, 1.54) is 22.0 Å². The van der Waals surface area contributed by atoms with Gasteiger partial charge in [-0.2, -0.15) is 11.6 Å². The van der Waals surface area contributed by atoms with Gasteiger partial charge in [-0.1, -0.05) is 43.3 Å². The zero-order chi connectivity index (χ0) is 26.8. The van der Waals surface area contributed by atoms with Crippen LogP contribution in [0, 0.1) is 0 Å². The van der Waals surface area contributed by atoms with Crippen LogP contribution in [0.15, 0.2) is 91.0 Å². The fourth-order valence-electron chi connectivity index (χ4n) is 4.46. The first kappa shape index (κ1) is 32.3. The van der Waals surface area contributed by atoms with Gasteiger partial charge in [0.1, 0.15) is 11.5 Å². The molecule has 0 aromatic heterocycles. The molecule has 1 unspecified atom stereocenters. The van der Waals surface area contributed by atoms with Gasteiger partial charge in [0.2, 0.25) is 0 Å². The van der Waals surface area contributed by atoms with Crippen molar-refractivity contribution in [1.29, 1.82) is 0 Å². The molecule has 0 bridgehead atoms. The number of rotatable bonds is 10. The van der Waals surface area contributed by atoms with Gasteiger partial charge in [-0.3, -0.25) is 0 Å². The summed E-state index contributed by atoms with van der Waals surface area (Å²) in [4.78, 5) is 2.31. The average Bonchev–Trinajstić information content (AvgIpc) is 3.62. The largest absolute Gasteiger partial charge is 0.748 e.